The topological polar surface area (TPSA) is 72.6 Å². The number of carbonyl (C=O) groups is 1. The van der Waals surface area contributed by atoms with Gasteiger partial charge in [0.25, 0.3) is 11.5 Å². The van der Waals surface area contributed by atoms with E-state index >= 15 is 0 Å². The van der Waals surface area contributed by atoms with Gasteiger partial charge >= 0.3 is 0 Å². The fourth-order valence-corrected chi connectivity index (χ4v) is 6.11. The highest BCUT2D eigenvalue weighted by molar-refractivity contribution is 8.26. The molecular formula is C27H30FN5O2S2. The van der Waals surface area contributed by atoms with E-state index in [4.69, 9.17) is 12.2 Å². The number of thioether (sulfide) groups is 1. The number of aromatic nitrogens is 1. The van der Waals surface area contributed by atoms with E-state index in [1.807, 2.05) is 6.92 Å². The molecule has 2 fully saturated rings. The van der Waals surface area contributed by atoms with Crippen molar-refractivity contribution in [1.29, 1.82) is 5.26 Å². The van der Waals surface area contributed by atoms with E-state index in [9.17, 15) is 19.2 Å². The van der Waals surface area contributed by atoms with Gasteiger partial charge in [-0.1, -0.05) is 37.3 Å². The molecule has 0 unspecified atom stereocenters. The number of anilines is 2. The molecule has 0 saturated carbocycles. The number of unbranched alkanes of at least 4 members (excludes halogenated alkanes) is 1. The Bertz CT molecular complexity index is 1340. The molecule has 1 amide bonds. The lowest BCUT2D eigenvalue weighted by molar-refractivity contribution is -0.121. The van der Waals surface area contributed by atoms with Crippen molar-refractivity contribution in [2.75, 3.05) is 42.5 Å². The average Bonchev–Trinajstić information content (AvgIpc) is 3.17. The number of nitriles is 1. The van der Waals surface area contributed by atoms with E-state index in [0.29, 0.717) is 59.6 Å². The molecule has 0 spiro atoms. The van der Waals surface area contributed by atoms with Gasteiger partial charge in [-0.3, -0.25) is 19.1 Å². The standard InChI is InChI=1S/C27H30FN5O2S2/c1-4-6-11-33-24(31-14-12-30(13-15-31)20-9-7-19(28)8-10-20)21(18(3)22(17-29)25(33)34)16-23-26(35)32(5-2)27(36)37-23/h7-10,16H,4-6,11-15H2,1-3H3/b23-16-. The first-order valence-electron chi connectivity index (χ1n) is 12.5. The van der Waals surface area contributed by atoms with Gasteiger partial charge in [-0.15, -0.1) is 0 Å². The summed E-state index contributed by atoms with van der Waals surface area (Å²) in [6, 6.07) is 8.56. The molecule has 194 valence electrons. The van der Waals surface area contributed by atoms with Gasteiger partial charge in [0.2, 0.25) is 0 Å². The second-order valence-electron chi connectivity index (χ2n) is 9.04. The summed E-state index contributed by atoms with van der Waals surface area (Å²) in [5.74, 6) is 0.304. The van der Waals surface area contributed by atoms with E-state index in [-0.39, 0.29) is 22.8 Å². The van der Waals surface area contributed by atoms with Gasteiger partial charge in [-0.2, -0.15) is 5.26 Å². The largest absolute Gasteiger partial charge is 0.368 e. The first kappa shape index (κ1) is 26.9. The maximum absolute atomic E-state index is 13.5. The van der Waals surface area contributed by atoms with Crippen LogP contribution in [0.15, 0.2) is 34.0 Å². The Labute approximate surface area is 226 Å². The minimum Gasteiger partial charge on any atom is -0.368 e. The molecule has 0 bridgehead atoms. The summed E-state index contributed by atoms with van der Waals surface area (Å²) in [6.07, 6.45) is 3.48. The van der Waals surface area contributed by atoms with Crippen LogP contribution in [0.3, 0.4) is 0 Å². The SMILES string of the molecule is CCCCn1c(N2CCN(c3ccc(F)cc3)CC2)c(/C=C2\SC(=S)N(CC)C2=O)c(C)c(C#N)c1=O. The zero-order chi connectivity index (χ0) is 26.7. The first-order valence-corrected chi connectivity index (χ1v) is 13.7. The Balaban J connectivity index is 1.79. The van der Waals surface area contributed by atoms with Crippen molar-refractivity contribution in [3.63, 3.8) is 0 Å². The number of rotatable bonds is 7. The average molecular weight is 540 g/mol. The molecule has 0 radical (unpaired) electrons. The minimum absolute atomic E-state index is 0.0991. The number of benzene rings is 1. The van der Waals surface area contributed by atoms with Crippen LogP contribution in [0, 0.1) is 24.1 Å². The molecule has 7 nitrogen and oxygen atoms in total. The van der Waals surface area contributed by atoms with Crippen LogP contribution in [0.4, 0.5) is 15.9 Å². The number of hydrogen-bond acceptors (Lipinski definition) is 7. The summed E-state index contributed by atoms with van der Waals surface area (Å²) < 4.78 is 15.6. The second-order valence-corrected chi connectivity index (χ2v) is 10.7. The Morgan fingerprint density at radius 3 is 2.32 bits per heavy atom. The van der Waals surface area contributed by atoms with Gasteiger partial charge in [0.15, 0.2) is 0 Å². The monoisotopic (exact) mass is 539 g/mol. The number of thiocarbonyl (C=S) groups is 1. The van der Waals surface area contributed by atoms with Crippen molar-refractivity contribution in [2.24, 2.45) is 0 Å². The fraction of sp³-hybridized carbons (Fsp3) is 0.407. The molecule has 0 aliphatic carbocycles. The third-order valence-corrected chi connectivity index (χ3v) is 8.20. The molecule has 10 heteroatoms. The van der Waals surface area contributed by atoms with Crippen LogP contribution in [0.1, 0.15) is 43.4 Å². The number of carbonyl (C=O) groups excluding carboxylic acids is 1. The molecule has 4 rings (SSSR count). The van der Waals surface area contributed by atoms with Crippen LogP contribution < -0.4 is 15.4 Å². The fourth-order valence-electron chi connectivity index (χ4n) is 4.74. The number of hydrogen-bond donors (Lipinski definition) is 0. The summed E-state index contributed by atoms with van der Waals surface area (Å²) in [5, 5.41) is 9.86. The van der Waals surface area contributed by atoms with Gasteiger partial charge in [0.1, 0.15) is 27.6 Å². The van der Waals surface area contributed by atoms with E-state index in [1.165, 1.54) is 23.9 Å². The quantitative estimate of drug-likeness (QED) is 0.379. The summed E-state index contributed by atoms with van der Waals surface area (Å²) in [7, 11) is 0. The molecular weight excluding hydrogens is 509 g/mol. The zero-order valence-electron chi connectivity index (χ0n) is 21.3. The van der Waals surface area contributed by atoms with Gasteiger partial charge in [-0.05, 0) is 56.2 Å². The van der Waals surface area contributed by atoms with Crippen molar-refractivity contribution < 1.29 is 9.18 Å². The van der Waals surface area contributed by atoms with Crippen molar-refractivity contribution in [2.45, 2.75) is 40.2 Å². The predicted molar refractivity (Wildman–Crippen MR) is 151 cm³/mol. The molecule has 0 atom stereocenters. The van der Waals surface area contributed by atoms with Crippen molar-refractivity contribution in [3.8, 4) is 6.07 Å². The number of likely N-dealkylation sites (N-methyl/N-ethyl adjacent to an activating group) is 1. The Kier molecular flexibility index (Phi) is 8.35. The maximum atomic E-state index is 13.5. The maximum Gasteiger partial charge on any atom is 0.270 e. The van der Waals surface area contributed by atoms with Gasteiger partial charge in [0.05, 0.1) is 4.91 Å². The number of piperazine rings is 1. The lowest BCUT2D eigenvalue weighted by Crippen LogP contribution is -2.48. The third-order valence-electron chi connectivity index (χ3n) is 6.82. The second kappa shape index (κ2) is 11.5. The summed E-state index contributed by atoms with van der Waals surface area (Å²) >= 11 is 6.65. The van der Waals surface area contributed by atoms with Crippen LogP contribution in [0.2, 0.25) is 0 Å². The number of pyridine rings is 1. The van der Waals surface area contributed by atoms with Crippen LogP contribution in [0.25, 0.3) is 6.08 Å². The third kappa shape index (κ3) is 5.29. The van der Waals surface area contributed by atoms with Gasteiger partial charge < -0.3 is 9.80 Å². The molecule has 2 aliphatic rings. The Morgan fingerprint density at radius 1 is 1.11 bits per heavy atom. The van der Waals surface area contributed by atoms with E-state index < -0.39 is 0 Å². The molecule has 1 aromatic heterocycles. The molecule has 1 aromatic carbocycles. The lowest BCUT2D eigenvalue weighted by atomic mass is 10.0. The number of amides is 1. The normalized spacial score (nSPS) is 17.2. The molecule has 2 saturated heterocycles. The van der Waals surface area contributed by atoms with Gasteiger partial charge in [-0.25, -0.2) is 4.39 Å². The van der Waals surface area contributed by atoms with Crippen LogP contribution >= 0.6 is 24.0 Å². The lowest BCUT2D eigenvalue weighted by Gasteiger charge is -2.39. The highest BCUT2D eigenvalue weighted by Crippen LogP contribution is 2.36. The molecule has 2 aromatic rings. The van der Waals surface area contributed by atoms with Crippen molar-refractivity contribution in [3.05, 3.63) is 62.0 Å². The summed E-state index contributed by atoms with van der Waals surface area (Å²) in [6.45, 7) is 9.30. The summed E-state index contributed by atoms with van der Waals surface area (Å²) in [4.78, 5) is 32.9. The van der Waals surface area contributed by atoms with E-state index in [0.717, 1.165) is 24.3 Å². The van der Waals surface area contributed by atoms with E-state index in [2.05, 4.69) is 22.8 Å². The predicted octanol–water partition coefficient (Wildman–Crippen LogP) is 4.52. The number of nitrogens with zero attached hydrogens (tertiary/aromatic N) is 5. The first-order chi connectivity index (χ1) is 17.8. The highest BCUT2D eigenvalue weighted by atomic mass is 32.2. The van der Waals surface area contributed by atoms with Crippen molar-refractivity contribution in [1.82, 2.24) is 9.47 Å². The smallest absolute Gasteiger partial charge is 0.270 e. The Morgan fingerprint density at radius 2 is 1.76 bits per heavy atom. The van der Waals surface area contributed by atoms with Crippen LogP contribution in [-0.2, 0) is 11.3 Å². The zero-order valence-corrected chi connectivity index (χ0v) is 22.9. The molecule has 2 aliphatic heterocycles. The highest BCUT2D eigenvalue weighted by Gasteiger charge is 2.32. The van der Waals surface area contributed by atoms with Crippen LogP contribution in [-0.4, -0.2) is 52.4 Å². The molecule has 3 heterocycles. The van der Waals surface area contributed by atoms with Gasteiger partial charge in [0, 0.05) is 50.5 Å². The van der Waals surface area contributed by atoms with Crippen LogP contribution in [0.5, 0.6) is 0 Å². The Hall–Kier alpha value is -3.16. The number of halogens is 1. The van der Waals surface area contributed by atoms with E-state index in [1.54, 1.807) is 34.6 Å². The molecule has 0 N–H and O–H groups in total. The minimum atomic E-state index is -0.303. The molecule has 37 heavy (non-hydrogen) atoms. The summed E-state index contributed by atoms with van der Waals surface area (Å²) in [5.41, 5.74) is 2.02. The van der Waals surface area contributed by atoms with Crippen molar-refractivity contribution >= 4 is 51.8 Å².